The second-order valence-electron chi connectivity index (χ2n) is 4.18. The van der Waals surface area contributed by atoms with Crippen molar-refractivity contribution in [1.29, 1.82) is 0 Å². The predicted molar refractivity (Wildman–Crippen MR) is 73.3 cm³/mol. The number of aromatic amines is 1. The van der Waals surface area contributed by atoms with Gasteiger partial charge in [0.05, 0.1) is 6.61 Å². The van der Waals surface area contributed by atoms with Crippen molar-refractivity contribution in [3.05, 3.63) is 47.8 Å². The van der Waals surface area contributed by atoms with Crippen molar-refractivity contribution in [3.8, 4) is 0 Å². The molecule has 0 aliphatic heterocycles. The number of benzene rings is 1. The molecule has 3 N–H and O–H groups in total. The van der Waals surface area contributed by atoms with Gasteiger partial charge in [0.15, 0.2) is 0 Å². The topological polar surface area (TPSA) is 82.2 Å². The summed E-state index contributed by atoms with van der Waals surface area (Å²) in [5.74, 6) is 0. The van der Waals surface area contributed by atoms with E-state index in [1.807, 2.05) is 19.1 Å². The lowest BCUT2D eigenvalue weighted by Gasteiger charge is -2.07. The number of aryl methyl sites for hydroxylation is 1. The van der Waals surface area contributed by atoms with Gasteiger partial charge in [-0.05, 0) is 30.2 Å². The monoisotopic (exact) mass is 280 g/mol. The van der Waals surface area contributed by atoms with E-state index in [1.54, 1.807) is 12.1 Å². The van der Waals surface area contributed by atoms with Crippen molar-refractivity contribution in [2.24, 2.45) is 0 Å². The third kappa shape index (κ3) is 3.15. The SMILES string of the molecule is CCc1cccc(NS(=O)(=O)c2c[nH]c(CO)c2)c1. The molecule has 0 amide bonds. The molecule has 2 aromatic rings. The predicted octanol–water partition coefficient (Wildman–Crippen LogP) is 1.87. The van der Waals surface area contributed by atoms with Crippen LogP contribution in [0.1, 0.15) is 18.2 Å². The van der Waals surface area contributed by atoms with E-state index in [0.29, 0.717) is 11.4 Å². The van der Waals surface area contributed by atoms with Crippen LogP contribution < -0.4 is 4.72 Å². The van der Waals surface area contributed by atoms with Crippen LogP contribution in [0.2, 0.25) is 0 Å². The van der Waals surface area contributed by atoms with Gasteiger partial charge in [-0.15, -0.1) is 0 Å². The first-order valence-electron chi connectivity index (χ1n) is 5.95. The summed E-state index contributed by atoms with van der Waals surface area (Å²) in [6, 6.07) is 8.67. The van der Waals surface area contributed by atoms with Gasteiger partial charge in [0, 0.05) is 17.6 Å². The van der Waals surface area contributed by atoms with Gasteiger partial charge in [0.2, 0.25) is 0 Å². The Kier molecular flexibility index (Phi) is 3.92. The molecule has 0 radical (unpaired) electrons. The van der Waals surface area contributed by atoms with Crippen LogP contribution in [0, 0.1) is 0 Å². The minimum absolute atomic E-state index is 0.110. The maximum atomic E-state index is 12.1. The summed E-state index contributed by atoms with van der Waals surface area (Å²) in [6.07, 6.45) is 2.20. The van der Waals surface area contributed by atoms with Crippen LogP contribution in [0.3, 0.4) is 0 Å². The van der Waals surface area contributed by atoms with E-state index in [2.05, 4.69) is 9.71 Å². The molecule has 0 aliphatic carbocycles. The smallest absolute Gasteiger partial charge is 0.263 e. The normalized spacial score (nSPS) is 11.5. The molecular formula is C13H16N2O3S. The van der Waals surface area contributed by atoms with Gasteiger partial charge in [-0.25, -0.2) is 8.42 Å². The van der Waals surface area contributed by atoms with Crippen LogP contribution in [0.15, 0.2) is 41.4 Å². The average molecular weight is 280 g/mol. The molecule has 0 saturated carbocycles. The van der Waals surface area contributed by atoms with E-state index >= 15 is 0 Å². The van der Waals surface area contributed by atoms with Crippen molar-refractivity contribution >= 4 is 15.7 Å². The van der Waals surface area contributed by atoms with Gasteiger partial charge in [-0.3, -0.25) is 4.72 Å². The Hall–Kier alpha value is -1.79. The van der Waals surface area contributed by atoms with Crippen molar-refractivity contribution in [2.45, 2.75) is 24.8 Å². The molecule has 0 aliphatic rings. The van der Waals surface area contributed by atoms with Gasteiger partial charge < -0.3 is 10.1 Å². The summed E-state index contributed by atoms with van der Waals surface area (Å²) in [5.41, 5.74) is 2.05. The van der Waals surface area contributed by atoms with Gasteiger partial charge in [-0.1, -0.05) is 19.1 Å². The summed E-state index contributed by atoms with van der Waals surface area (Å²) in [6.45, 7) is 1.79. The standard InChI is InChI=1S/C13H16N2O3S/c1-2-10-4-3-5-11(6-10)15-19(17,18)13-7-12(9-16)14-8-13/h3-8,14-16H,2,9H2,1H3. The highest BCUT2D eigenvalue weighted by Crippen LogP contribution is 2.18. The fourth-order valence-electron chi connectivity index (χ4n) is 1.73. The minimum Gasteiger partial charge on any atom is -0.390 e. The zero-order valence-electron chi connectivity index (χ0n) is 10.6. The molecule has 0 unspecified atom stereocenters. The highest BCUT2D eigenvalue weighted by atomic mass is 32.2. The molecule has 5 nitrogen and oxygen atoms in total. The van der Waals surface area contributed by atoms with Crippen LogP contribution >= 0.6 is 0 Å². The lowest BCUT2D eigenvalue weighted by molar-refractivity contribution is 0.277. The zero-order chi connectivity index (χ0) is 13.9. The first-order valence-corrected chi connectivity index (χ1v) is 7.43. The first-order chi connectivity index (χ1) is 9.05. The summed E-state index contributed by atoms with van der Waals surface area (Å²) in [7, 11) is -3.62. The molecule has 0 fully saturated rings. The molecule has 102 valence electrons. The van der Waals surface area contributed by atoms with E-state index < -0.39 is 10.0 Å². The largest absolute Gasteiger partial charge is 0.390 e. The summed E-state index contributed by atoms with van der Waals surface area (Å²) in [5, 5.41) is 8.93. The Morgan fingerprint density at radius 1 is 1.32 bits per heavy atom. The fraction of sp³-hybridized carbons (Fsp3) is 0.231. The van der Waals surface area contributed by atoms with Gasteiger partial charge in [0.25, 0.3) is 10.0 Å². The first kappa shape index (κ1) is 13.6. The summed E-state index contributed by atoms with van der Waals surface area (Å²) >= 11 is 0. The average Bonchev–Trinajstić information content (AvgIpc) is 2.88. The number of sulfonamides is 1. The van der Waals surface area contributed by atoms with Crippen LogP contribution in [0.4, 0.5) is 5.69 Å². The number of aliphatic hydroxyl groups excluding tert-OH is 1. The van der Waals surface area contributed by atoms with Crippen molar-refractivity contribution in [1.82, 2.24) is 4.98 Å². The lowest BCUT2D eigenvalue weighted by atomic mass is 10.1. The molecule has 6 heteroatoms. The molecule has 2 rings (SSSR count). The Labute approximate surface area is 112 Å². The quantitative estimate of drug-likeness (QED) is 0.782. The van der Waals surface area contributed by atoms with Crippen LogP contribution in [-0.4, -0.2) is 18.5 Å². The van der Waals surface area contributed by atoms with Crippen molar-refractivity contribution < 1.29 is 13.5 Å². The van der Waals surface area contributed by atoms with Crippen LogP contribution in [-0.2, 0) is 23.1 Å². The second-order valence-corrected chi connectivity index (χ2v) is 5.86. The molecule has 0 bridgehead atoms. The van der Waals surface area contributed by atoms with Gasteiger partial charge in [0.1, 0.15) is 4.90 Å². The van der Waals surface area contributed by atoms with Crippen LogP contribution in [0.5, 0.6) is 0 Å². The third-order valence-corrected chi connectivity index (χ3v) is 4.15. The number of hydrogen-bond acceptors (Lipinski definition) is 3. The molecule has 0 saturated heterocycles. The van der Waals surface area contributed by atoms with Gasteiger partial charge in [-0.2, -0.15) is 0 Å². The highest BCUT2D eigenvalue weighted by molar-refractivity contribution is 7.92. The number of H-pyrrole nitrogens is 1. The maximum absolute atomic E-state index is 12.1. The van der Waals surface area contributed by atoms with Crippen LogP contribution in [0.25, 0.3) is 0 Å². The van der Waals surface area contributed by atoms with E-state index in [-0.39, 0.29) is 11.5 Å². The van der Waals surface area contributed by atoms with Crippen molar-refractivity contribution in [3.63, 3.8) is 0 Å². The number of rotatable bonds is 5. The van der Waals surface area contributed by atoms with E-state index in [4.69, 9.17) is 5.11 Å². The maximum Gasteiger partial charge on any atom is 0.263 e. The minimum atomic E-state index is -3.62. The third-order valence-electron chi connectivity index (χ3n) is 2.78. The Morgan fingerprint density at radius 2 is 2.11 bits per heavy atom. The molecule has 19 heavy (non-hydrogen) atoms. The van der Waals surface area contributed by atoms with Gasteiger partial charge >= 0.3 is 0 Å². The van der Waals surface area contributed by atoms with Crippen molar-refractivity contribution in [2.75, 3.05) is 4.72 Å². The summed E-state index contributed by atoms with van der Waals surface area (Å²) in [4.78, 5) is 2.81. The molecule has 0 atom stereocenters. The highest BCUT2D eigenvalue weighted by Gasteiger charge is 2.16. The molecule has 1 heterocycles. The zero-order valence-corrected chi connectivity index (χ0v) is 11.4. The van der Waals surface area contributed by atoms with E-state index in [0.717, 1.165) is 12.0 Å². The number of aromatic nitrogens is 1. The summed E-state index contributed by atoms with van der Waals surface area (Å²) < 4.78 is 26.8. The Morgan fingerprint density at radius 3 is 2.74 bits per heavy atom. The number of nitrogens with one attached hydrogen (secondary N) is 2. The fourth-order valence-corrected chi connectivity index (χ4v) is 2.80. The lowest BCUT2D eigenvalue weighted by Crippen LogP contribution is -2.12. The van der Waals surface area contributed by atoms with E-state index in [1.165, 1.54) is 12.3 Å². The molecule has 1 aromatic heterocycles. The Bertz CT molecular complexity index is 662. The number of anilines is 1. The number of hydrogen-bond donors (Lipinski definition) is 3. The second kappa shape index (κ2) is 5.46. The number of aliphatic hydroxyl groups is 1. The Balaban J connectivity index is 2.25. The molecular weight excluding hydrogens is 264 g/mol. The molecule has 0 spiro atoms. The molecule has 1 aromatic carbocycles. The van der Waals surface area contributed by atoms with E-state index in [9.17, 15) is 8.42 Å².